The van der Waals surface area contributed by atoms with Crippen LogP contribution < -0.4 is 14.4 Å². The maximum Gasteiger partial charge on any atom is 0.301 e. The fraction of sp³-hybridized carbons (Fsp3) is 0.179. The first-order chi connectivity index (χ1) is 17.9. The number of fused-ring (bicyclic) bond motifs is 2. The SMILES string of the molecule is CCc1ccc2nc(N3C(=O)C(=O)/C(=C(/O)c4ccc5c(c4)OCCO5)C3c3cccc(Br)c3)sc2c1. The Labute approximate surface area is 225 Å². The molecule has 186 valence electrons. The Morgan fingerprint density at radius 2 is 1.89 bits per heavy atom. The first-order valence-electron chi connectivity index (χ1n) is 11.8. The average Bonchev–Trinajstić information content (AvgIpc) is 3.45. The predicted molar refractivity (Wildman–Crippen MR) is 145 cm³/mol. The normalized spacial score (nSPS) is 18.5. The number of aliphatic hydroxyl groups excluding tert-OH is 1. The van der Waals surface area contributed by atoms with Gasteiger partial charge in [-0.15, -0.1) is 0 Å². The van der Waals surface area contributed by atoms with Gasteiger partial charge in [-0.2, -0.15) is 0 Å². The highest BCUT2D eigenvalue weighted by molar-refractivity contribution is 9.10. The lowest BCUT2D eigenvalue weighted by atomic mass is 9.95. The van der Waals surface area contributed by atoms with Gasteiger partial charge in [-0.05, 0) is 60.0 Å². The Morgan fingerprint density at radius 3 is 2.68 bits per heavy atom. The summed E-state index contributed by atoms with van der Waals surface area (Å²) in [5.74, 6) is -0.754. The standard InChI is InChI=1S/C28H21BrN2O5S/c1-2-15-6-8-19-22(12-15)37-28(30-19)31-24(16-4-3-5-18(29)13-16)23(26(33)27(31)34)25(32)17-7-9-20-21(14-17)36-11-10-35-20/h3-9,12-14,24,32H,2,10-11H2,1H3/b25-23+. The van der Waals surface area contributed by atoms with Crippen molar-refractivity contribution in [3.8, 4) is 11.5 Å². The van der Waals surface area contributed by atoms with Crippen LogP contribution in [-0.2, 0) is 16.0 Å². The van der Waals surface area contributed by atoms with E-state index in [1.807, 2.05) is 36.4 Å². The van der Waals surface area contributed by atoms with E-state index in [0.717, 1.165) is 26.7 Å². The minimum Gasteiger partial charge on any atom is -0.507 e. The fourth-order valence-corrected chi connectivity index (χ4v) is 6.12. The Morgan fingerprint density at radius 1 is 1.08 bits per heavy atom. The highest BCUT2D eigenvalue weighted by Crippen LogP contribution is 2.45. The van der Waals surface area contributed by atoms with E-state index < -0.39 is 17.7 Å². The summed E-state index contributed by atoms with van der Waals surface area (Å²) in [5, 5.41) is 11.8. The van der Waals surface area contributed by atoms with Crippen molar-refractivity contribution in [2.24, 2.45) is 0 Å². The van der Waals surface area contributed by atoms with Crippen LogP contribution in [0.1, 0.15) is 29.7 Å². The number of amides is 1. The Kier molecular flexibility index (Phi) is 5.97. The van der Waals surface area contributed by atoms with Crippen molar-refractivity contribution in [3.05, 3.63) is 87.4 Å². The first-order valence-corrected chi connectivity index (χ1v) is 13.4. The minimum absolute atomic E-state index is 0.00622. The molecule has 1 N–H and O–H groups in total. The van der Waals surface area contributed by atoms with E-state index in [1.165, 1.54) is 16.2 Å². The Bertz CT molecular complexity index is 1610. The molecule has 37 heavy (non-hydrogen) atoms. The molecule has 1 amide bonds. The van der Waals surface area contributed by atoms with Crippen molar-refractivity contribution in [2.75, 3.05) is 18.1 Å². The highest BCUT2D eigenvalue weighted by atomic mass is 79.9. The zero-order valence-corrected chi connectivity index (χ0v) is 22.1. The predicted octanol–water partition coefficient (Wildman–Crippen LogP) is 6.02. The summed E-state index contributed by atoms with van der Waals surface area (Å²) in [6.07, 6.45) is 0.876. The molecule has 0 radical (unpaired) electrons. The van der Waals surface area contributed by atoms with Crippen LogP contribution in [0.15, 0.2) is 70.7 Å². The molecule has 0 saturated carbocycles. The summed E-state index contributed by atoms with van der Waals surface area (Å²) in [5.41, 5.74) is 2.93. The minimum atomic E-state index is -0.864. The number of halogens is 1. The van der Waals surface area contributed by atoms with Gasteiger partial charge in [0.1, 0.15) is 19.0 Å². The largest absolute Gasteiger partial charge is 0.507 e. The number of nitrogens with zero attached hydrogens (tertiary/aromatic N) is 2. The number of carbonyl (C=O) groups is 2. The summed E-state index contributed by atoms with van der Waals surface area (Å²) in [6, 6.07) is 17.4. The first kappa shape index (κ1) is 23.7. The Balaban J connectivity index is 1.53. The summed E-state index contributed by atoms with van der Waals surface area (Å²) in [6.45, 7) is 2.90. The van der Waals surface area contributed by atoms with Crippen molar-refractivity contribution in [2.45, 2.75) is 19.4 Å². The molecule has 1 atom stereocenters. The second-order valence-electron chi connectivity index (χ2n) is 8.73. The van der Waals surface area contributed by atoms with Crippen LogP contribution in [0, 0.1) is 0 Å². The van der Waals surface area contributed by atoms with Gasteiger partial charge in [-0.25, -0.2) is 4.98 Å². The molecule has 1 aromatic heterocycles. The molecule has 0 aliphatic carbocycles. The van der Waals surface area contributed by atoms with E-state index in [0.29, 0.717) is 41.0 Å². The number of aliphatic hydroxyl groups is 1. The highest BCUT2D eigenvalue weighted by Gasteiger charge is 2.48. The van der Waals surface area contributed by atoms with Gasteiger partial charge in [0.05, 0.1) is 21.8 Å². The van der Waals surface area contributed by atoms with Gasteiger partial charge >= 0.3 is 5.91 Å². The third-order valence-corrected chi connectivity index (χ3v) is 7.99. The van der Waals surface area contributed by atoms with Crippen LogP contribution in [-0.4, -0.2) is 35.0 Å². The number of hydrogen-bond donors (Lipinski definition) is 1. The number of Topliss-reactive ketones (excluding diaryl/α,β-unsaturated/α-hetero) is 1. The number of aryl methyl sites for hydroxylation is 1. The molecule has 4 aromatic rings. The molecule has 1 fully saturated rings. The summed E-state index contributed by atoms with van der Waals surface area (Å²) in [4.78, 5) is 33.1. The summed E-state index contributed by atoms with van der Waals surface area (Å²) < 4.78 is 13.0. The quantitative estimate of drug-likeness (QED) is 0.181. The zero-order valence-electron chi connectivity index (χ0n) is 19.7. The molecular weight excluding hydrogens is 556 g/mol. The number of rotatable bonds is 4. The molecule has 7 nitrogen and oxygen atoms in total. The molecule has 2 aliphatic heterocycles. The number of ether oxygens (including phenoxy) is 2. The molecule has 1 unspecified atom stereocenters. The number of hydrogen-bond acceptors (Lipinski definition) is 7. The number of anilines is 1. The topological polar surface area (TPSA) is 89.0 Å². The number of benzene rings is 3. The molecular formula is C28H21BrN2O5S. The van der Waals surface area contributed by atoms with Crippen LogP contribution in [0.4, 0.5) is 5.13 Å². The van der Waals surface area contributed by atoms with Crippen molar-refractivity contribution in [1.82, 2.24) is 4.98 Å². The maximum atomic E-state index is 13.5. The maximum absolute atomic E-state index is 13.5. The monoisotopic (exact) mass is 576 g/mol. The number of aromatic nitrogens is 1. The van der Waals surface area contributed by atoms with Gasteiger partial charge in [-0.1, -0.05) is 52.4 Å². The van der Waals surface area contributed by atoms with Gasteiger partial charge in [0.2, 0.25) is 0 Å². The second kappa shape index (κ2) is 9.32. The van der Waals surface area contributed by atoms with E-state index in [4.69, 9.17) is 14.5 Å². The van der Waals surface area contributed by atoms with Crippen molar-refractivity contribution < 1.29 is 24.2 Å². The lowest BCUT2D eigenvalue weighted by Crippen LogP contribution is -2.29. The van der Waals surface area contributed by atoms with Crippen molar-refractivity contribution in [3.63, 3.8) is 0 Å². The van der Waals surface area contributed by atoms with Crippen LogP contribution >= 0.6 is 27.3 Å². The van der Waals surface area contributed by atoms with E-state index in [9.17, 15) is 14.7 Å². The molecule has 1 saturated heterocycles. The number of carbonyl (C=O) groups excluding carboxylic acids is 2. The van der Waals surface area contributed by atoms with Gasteiger partial charge in [0.15, 0.2) is 16.6 Å². The average molecular weight is 577 g/mol. The van der Waals surface area contributed by atoms with E-state index in [2.05, 4.69) is 28.9 Å². The van der Waals surface area contributed by atoms with E-state index in [1.54, 1.807) is 18.2 Å². The molecule has 3 heterocycles. The van der Waals surface area contributed by atoms with E-state index >= 15 is 0 Å². The molecule has 3 aromatic carbocycles. The van der Waals surface area contributed by atoms with Crippen LogP contribution in [0.5, 0.6) is 11.5 Å². The third-order valence-electron chi connectivity index (χ3n) is 6.48. The summed E-state index contributed by atoms with van der Waals surface area (Å²) in [7, 11) is 0. The lowest BCUT2D eigenvalue weighted by Gasteiger charge is -2.23. The van der Waals surface area contributed by atoms with Gasteiger partial charge in [-0.3, -0.25) is 14.5 Å². The van der Waals surface area contributed by atoms with Crippen LogP contribution in [0.25, 0.3) is 16.0 Å². The smallest absolute Gasteiger partial charge is 0.301 e. The van der Waals surface area contributed by atoms with Gasteiger partial charge < -0.3 is 14.6 Å². The van der Waals surface area contributed by atoms with E-state index in [-0.39, 0.29) is 11.3 Å². The van der Waals surface area contributed by atoms with Crippen molar-refractivity contribution >= 4 is 60.1 Å². The second-order valence-corrected chi connectivity index (χ2v) is 10.7. The third kappa shape index (κ3) is 4.08. The molecule has 0 bridgehead atoms. The lowest BCUT2D eigenvalue weighted by molar-refractivity contribution is -0.132. The number of ketones is 1. The zero-order chi connectivity index (χ0) is 25.7. The summed E-state index contributed by atoms with van der Waals surface area (Å²) >= 11 is 4.84. The molecule has 6 rings (SSSR count). The molecule has 9 heteroatoms. The van der Waals surface area contributed by atoms with Gasteiger partial charge in [0.25, 0.3) is 5.78 Å². The van der Waals surface area contributed by atoms with Gasteiger partial charge in [0, 0.05) is 10.0 Å². The Hall–Kier alpha value is -3.69. The number of thiazole rings is 1. The molecule has 0 spiro atoms. The molecule has 2 aliphatic rings. The van der Waals surface area contributed by atoms with Crippen LogP contribution in [0.2, 0.25) is 0 Å². The van der Waals surface area contributed by atoms with Crippen molar-refractivity contribution in [1.29, 1.82) is 0 Å². The fourth-order valence-electron chi connectivity index (χ4n) is 4.65. The van der Waals surface area contributed by atoms with Crippen LogP contribution in [0.3, 0.4) is 0 Å².